The fourth-order valence-electron chi connectivity index (χ4n) is 3.35. The van der Waals surface area contributed by atoms with Crippen LogP contribution in [0.5, 0.6) is 0 Å². The minimum absolute atomic E-state index is 0.0216. The molecule has 2 amide bonds. The molecule has 4 heterocycles. The zero-order valence-corrected chi connectivity index (χ0v) is 17.2. The van der Waals surface area contributed by atoms with Crippen LogP contribution in [0.25, 0.3) is 5.78 Å². The van der Waals surface area contributed by atoms with Gasteiger partial charge in [-0.2, -0.15) is 10.1 Å². The minimum atomic E-state index is -0.628. The van der Waals surface area contributed by atoms with Gasteiger partial charge in [0, 0.05) is 32.4 Å². The summed E-state index contributed by atoms with van der Waals surface area (Å²) in [6.07, 6.45) is 3.29. The van der Waals surface area contributed by atoms with Gasteiger partial charge in [-0.3, -0.25) is 9.59 Å². The highest BCUT2D eigenvalue weighted by molar-refractivity contribution is 7.12. The van der Waals surface area contributed by atoms with Crippen LogP contribution in [0, 0.1) is 0 Å². The van der Waals surface area contributed by atoms with Gasteiger partial charge in [-0.25, -0.2) is 14.3 Å². The first-order valence-corrected chi connectivity index (χ1v) is 10.4. The number of fused-ring (bicyclic) bond motifs is 1. The van der Waals surface area contributed by atoms with E-state index in [1.165, 1.54) is 28.4 Å². The van der Waals surface area contributed by atoms with E-state index in [0.29, 0.717) is 48.9 Å². The van der Waals surface area contributed by atoms with Gasteiger partial charge in [0.05, 0.1) is 16.1 Å². The maximum atomic E-state index is 12.5. The Labute approximate surface area is 176 Å². The summed E-state index contributed by atoms with van der Waals surface area (Å²) < 4.78 is 6.72. The Kier molecular flexibility index (Phi) is 5.70. The van der Waals surface area contributed by atoms with Crippen LogP contribution in [0.15, 0.2) is 30.0 Å². The third-order valence-corrected chi connectivity index (χ3v) is 5.80. The van der Waals surface area contributed by atoms with Gasteiger partial charge in [0.25, 0.3) is 17.6 Å². The van der Waals surface area contributed by atoms with E-state index in [1.807, 2.05) is 18.4 Å². The van der Waals surface area contributed by atoms with E-state index in [9.17, 15) is 14.4 Å². The summed E-state index contributed by atoms with van der Waals surface area (Å²) in [5.41, 5.74) is 0.880. The number of piperazine rings is 1. The fourth-order valence-corrected chi connectivity index (χ4v) is 4.04. The quantitative estimate of drug-likeness (QED) is 0.555. The van der Waals surface area contributed by atoms with Crippen LogP contribution < -0.4 is 0 Å². The third kappa shape index (κ3) is 3.88. The average molecular weight is 428 g/mol. The van der Waals surface area contributed by atoms with Crippen molar-refractivity contribution in [1.29, 1.82) is 0 Å². The molecule has 0 N–H and O–H groups in total. The number of nitrogens with zero attached hydrogens (tertiary/aromatic N) is 6. The fraction of sp³-hybridized carbons (Fsp3) is 0.368. The summed E-state index contributed by atoms with van der Waals surface area (Å²) in [5, 5.41) is 5.93. The smallest absolute Gasteiger partial charge is 0.342 e. The number of carbonyl (C=O) groups is 3. The summed E-state index contributed by atoms with van der Waals surface area (Å²) in [6.45, 7) is 3.22. The molecular weight excluding hydrogens is 408 g/mol. The first kappa shape index (κ1) is 20.0. The van der Waals surface area contributed by atoms with E-state index in [0.717, 1.165) is 0 Å². The molecule has 1 fully saturated rings. The standard InChI is InChI=1S/C19H20N6O4S/c1-2-14-13(10-20-19-21-12-22-25(14)19)18(28)29-11-16(26)23-5-7-24(8-6-23)17(27)15-4-3-9-30-15/h3-4,9-10,12H,2,5-8,11H2,1H3. The summed E-state index contributed by atoms with van der Waals surface area (Å²) in [4.78, 5) is 49.5. The summed E-state index contributed by atoms with van der Waals surface area (Å²) in [5.74, 6) is -0.544. The van der Waals surface area contributed by atoms with Gasteiger partial charge in [-0.05, 0) is 17.9 Å². The van der Waals surface area contributed by atoms with Gasteiger partial charge in [-0.1, -0.05) is 13.0 Å². The minimum Gasteiger partial charge on any atom is -0.452 e. The molecule has 3 aromatic rings. The molecule has 11 heteroatoms. The van der Waals surface area contributed by atoms with Crippen molar-refractivity contribution in [2.45, 2.75) is 13.3 Å². The molecule has 0 spiro atoms. The average Bonchev–Trinajstić information content (AvgIpc) is 3.48. The van der Waals surface area contributed by atoms with Crippen LogP contribution in [0.2, 0.25) is 0 Å². The lowest BCUT2D eigenvalue weighted by molar-refractivity contribution is -0.136. The molecule has 1 aliphatic heterocycles. The lowest BCUT2D eigenvalue weighted by atomic mass is 10.2. The second kappa shape index (κ2) is 8.57. The molecule has 0 saturated carbocycles. The Hall–Kier alpha value is -3.34. The number of aromatic nitrogens is 4. The van der Waals surface area contributed by atoms with E-state index in [-0.39, 0.29) is 24.0 Å². The maximum Gasteiger partial charge on any atom is 0.342 e. The highest BCUT2D eigenvalue weighted by Crippen LogP contribution is 2.15. The summed E-state index contributed by atoms with van der Waals surface area (Å²) in [7, 11) is 0. The lowest BCUT2D eigenvalue weighted by Crippen LogP contribution is -2.51. The molecule has 10 nitrogen and oxygen atoms in total. The number of thiophene rings is 1. The first-order chi connectivity index (χ1) is 14.6. The van der Waals surface area contributed by atoms with Crippen LogP contribution in [-0.4, -0.2) is 80.0 Å². The Morgan fingerprint density at radius 3 is 2.60 bits per heavy atom. The van der Waals surface area contributed by atoms with Crippen molar-refractivity contribution in [1.82, 2.24) is 29.4 Å². The Morgan fingerprint density at radius 2 is 1.90 bits per heavy atom. The van der Waals surface area contributed by atoms with Crippen LogP contribution in [0.3, 0.4) is 0 Å². The Bertz CT molecular complexity index is 1070. The van der Waals surface area contributed by atoms with Crippen molar-refractivity contribution in [2.24, 2.45) is 0 Å². The van der Waals surface area contributed by atoms with Crippen molar-refractivity contribution in [2.75, 3.05) is 32.8 Å². The molecule has 30 heavy (non-hydrogen) atoms. The summed E-state index contributed by atoms with van der Waals surface area (Å²) in [6, 6.07) is 3.63. The van der Waals surface area contributed by atoms with Crippen molar-refractivity contribution in [3.05, 3.63) is 46.2 Å². The number of ether oxygens (including phenoxy) is 1. The SMILES string of the molecule is CCc1c(C(=O)OCC(=O)N2CCN(C(=O)c3cccs3)CC2)cnc2ncnn12. The Morgan fingerprint density at radius 1 is 1.13 bits per heavy atom. The molecule has 0 aliphatic carbocycles. The normalized spacial score (nSPS) is 14.2. The molecule has 1 aliphatic rings. The topological polar surface area (TPSA) is 110 Å². The molecule has 0 unspecified atom stereocenters. The van der Waals surface area contributed by atoms with Crippen LogP contribution in [0.4, 0.5) is 0 Å². The molecule has 4 rings (SSSR count). The number of aryl methyl sites for hydroxylation is 1. The van der Waals surface area contributed by atoms with E-state index < -0.39 is 5.97 Å². The highest BCUT2D eigenvalue weighted by Gasteiger charge is 2.26. The third-order valence-electron chi connectivity index (χ3n) is 4.94. The number of hydrogen-bond acceptors (Lipinski definition) is 8. The van der Waals surface area contributed by atoms with E-state index in [4.69, 9.17) is 4.74 Å². The highest BCUT2D eigenvalue weighted by atomic mass is 32.1. The molecule has 0 aromatic carbocycles. The Balaban J connectivity index is 1.32. The van der Waals surface area contributed by atoms with Crippen molar-refractivity contribution < 1.29 is 19.1 Å². The van der Waals surface area contributed by atoms with Gasteiger partial charge in [0.15, 0.2) is 6.61 Å². The number of esters is 1. The molecular formula is C19H20N6O4S. The molecule has 156 valence electrons. The van der Waals surface area contributed by atoms with E-state index in [2.05, 4.69) is 15.1 Å². The monoisotopic (exact) mass is 428 g/mol. The zero-order chi connectivity index (χ0) is 21.1. The van der Waals surface area contributed by atoms with Crippen LogP contribution in [-0.2, 0) is 16.0 Å². The number of carbonyl (C=O) groups excluding carboxylic acids is 3. The van der Waals surface area contributed by atoms with Gasteiger partial charge in [0.2, 0.25) is 0 Å². The summed E-state index contributed by atoms with van der Waals surface area (Å²) >= 11 is 1.40. The van der Waals surface area contributed by atoms with Gasteiger partial charge in [0.1, 0.15) is 6.33 Å². The van der Waals surface area contributed by atoms with Crippen LogP contribution in [0.1, 0.15) is 32.6 Å². The van der Waals surface area contributed by atoms with Crippen molar-refractivity contribution >= 4 is 34.9 Å². The van der Waals surface area contributed by atoms with Crippen molar-refractivity contribution in [3.8, 4) is 0 Å². The predicted octanol–water partition coefficient (Wildman–Crippen LogP) is 0.890. The van der Waals surface area contributed by atoms with E-state index >= 15 is 0 Å². The van der Waals surface area contributed by atoms with Gasteiger partial charge >= 0.3 is 5.97 Å². The van der Waals surface area contributed by atoms with Crippen molar-refractivity contribution in [3.63, 3.8) is 0 Å². The van der Waals surface area contributed by atoms with Gasteiger partial charge in [-0.15, -0.1) is 11.3 Å². The first-order valence-electron chi connectivity index (χ1n) is 9.53. The van der Waals surface area contributed by atoms with E-state index in [1.54, 1.807) is 15.9 Å². The maximum absolute atomic E-state index is 12.5. The molecule has 0 bridgehead atoms. The molecule has 1 saturated heterocycles. The van der Waals surface area contributed by atoms with Gasteiger partial charge < -0.3 is 14.5 Å². The lowest BCUT2D eigenvalue weighted by Gasteiger charge is -2.34. The number of rotatable bonds is 5. The molecule has 0 atom stereocenters. The number of amides is 2. The molecule has 0 radical (unpaired) electrons. The van der Waals surface area contributed by atoms with Crippen LogP contribution >= 0.6 is 11.3 Å². The zero-order valence-electron chi connectivity index (χ0n) is 16.4. The second-order valence-corrected chi connectivity index (χ2v) is 7.62. The predicted molar refractivity (Wildman–Crippen MR) is 107 cm³/mol. The number of hydrogen-bond donors (Lipinski definition) is 0. The second-order valence-electron chi connectivity index (χ2n) is 6.67. The largest absolute Gasteiger partial charge is 0.452 e. The molecule has 3 aromatic heterocycles.